The molecule has 2 fully saturated rings. The number of fused-ring (bicyclic) bond motifs is 1. The lowest BCUT2D eigenvalue weighted by Crippen LogP contribution is -2.39. The minimum atomic E-state index is 0.263. The van der Waals surface area contributed by atoms with Gasteiger partial charge in [0.15, 0.2) is 0 Å². The van der Waals surface area contributed by atoms with Crippen LogP contribution >= 0.6 is 0 Å². The first-order chi connectivity index (χ1) is 18.8. The highest BCUT2D eigenvalue weighted by atomic mass is 16.5. The van der Waals surface area contributed by atoms with Gasteiger partial charge in [0.1, 0.15) is 23.1 Å². The van der Waals surface area contributed by atoms with Crippen molar-refractivity contribution in [3.8, 4) is 11.5 Å². The fourth-order valence-corrected chi connectivity index (χ4v) is 5.82. The molecule has 0 unspecified atom stereocenters. The Labute approximate surface area is 229 Å². The summed E-state index contributed by atoms with van der Waals surface area (Å²) in [4.78, 5) is 9.79. The number of aryl methyl sites for hydroxylation is 1. The molecule has 3 aromatic rings. The SMILES string of the molecule is CCc1cc(OC2CCN(CCc3ccc(OCCCN4CCCCCC4)cc3)CC2)c2ncccc2c1. The van der Waals surface area contributed by atoms with Crippen molar-refractivity contribution in [2.75, 3.05) is 45.9 Å². The van der Waals surface area contributed by atoms with Crippen LogP contribution in [-0.4, -0.2) is 66.8 Å². The molecule has 38 heavy (non-hydrogen) atoms. The van der Waals surface area contributed by atoms with Gasteiger partial charge in [-0.2, -0.15) is 0 Å². The van der Waals surface area contributed by atoms with E-state index in [0.29, 0.717) is 0 Å². The van der Waals surface area contributed by atoms with Crippen molar-refractivity contribution in [2.24, 2.45) is 0 Å². The molecular formula is C33H45N3O2. The lowest BCUT2D eigenvalue weighted by Gasteiger charge is -2.32. The predicted molar refractivity (Wildman–Crippen MR) is 156 cm³/mol. The minimum Gasteiger partial charge on any atom is -0.494 e. The summed E-state index contributed by atoms with van der Waals surface area (Å²) in [6.07, 6.45) is 13.0. The molecule has 0 bridgehead atoms. The summed E-state index contributed by atoms with van der Waals surface area (Å²) in [5, 5.41) is 1.17. The number of piperidine rings is 1. The van der Waals surface area contributed by atoms with Crippen LogP contribution in [0.1, 0.15) is 63.0 Å². The van der Waals surface area contributed by atoms with E-state index in [0.717, 1.165) is 75.4 Å². The summed E-state index contributed by atoms with van der Waals surface area (Å²) in [5.74, 6) is 1.94. The van der Waals surface area contributed by atoms with Crippen LogP contribution in [0, 0.1) is 0 Å². The first-order valence-electron chi connectivity index (χ1n) is 15.0. The summed E-state index contributed by atoms with van der Waals surface area (Å²) >= 11 is 0. The van der Waals surface area contributed by atoms with E-state index in [4.69, 9.17) is 9.47 Å². The molecule has 0 amide bonds. The van der Waals surface area contributed by atoms with Gasteiger partial charge in [0, 0.05) is 37.8 Å². The van der Waals surface area contributed by atoms with E-state index in [1.165, 1.54) is 61.8 Å². The normalized spacial score (nSPS) is 17.9. The van der Waals surface area contributed by atoms with Crippen molar-refractivity contribution in [3.05, 3.63) is 65.9 Å². The van der Waals surface area contributed by atoms with Gasteiger partial charge in [0.25, 0.3) is 0 Å². The zero-order valence-corrected chi connectivity index (χ0v) is 23.2. The quantitative estimate of drug-likeness (QED) is 0.272. The van der Waals surface area contributed by atoms with E-state index in [1.54, 1.807) is 0 Å². The lowest BCUT2D eigenvalue weighted by atomic mass is 10.1. The third-order valence-electron chi connectivity index (χ3n) is 8.19. The zero-order valence-electron chi connectivity index (χ0n) is 23.2. The molecule has 1 aromatic heterocycles. The number of pyridine rings is 1. The topological polar surface area (TPSA) is 37.8 Å². The highest BCUT2D eigenvalue weighted by Crippen LogP contribution is 2.29. The zero-order chi connectivity index (χ0) is 26.0. The Hall–Kier alpha value is -2.63. The second-order valence-electron chi connectivity index (χ2n) is 11.0. The molecular weight excluding hydrogens is 470 g/mol. The van der Waals surface area contributed by atoms with Crippen LogP contribution < -0.4 is 9.47 Å². The number of nitrogens with zero attached hydrogens (tertiary/aromatic N) is 3. The monoisotopic (exact) mass is 515 g/mol. The maximum Gasteiger partial charge on any atom is 0.146 e. The van der Waals surface area contributed by atoms with Gasteiger partial charge in [-0.3, -0.25) is 4.98 Å². The Morgan fingerprint density at radius 1 is 0.842 bits per heavy atom. The number of aromatic nitrogens is 1. The van der Waals surface area contributed by atoms with Gasteiger partial charge in [0.05, 0.1) is 6.61 Å². The van der Waals surface area contributed by atoms with Gasteiger partial charge in [-0.1, -0.05) is 38.0 Å². The highest BCUT2D eigenvalue weighted by molar-refractivity contribution is 5.85. The summed E-state index contributed by atoms with van der Waals surface area (Å²) in [7, 11) is 0. The Kier molecular flexibility index (Phi) is 9.90. The molecule has 5 rings (SSSR count). The number of rotatable bonds is 11. The Morgan fingerprint density at radius 3 is 2.37 bits per heavy atom. The van der Waals surface area contributed by atoms with Crippen molar-refractivity contribution in [2.45, 2.75) is 70.8 Å². The van der Waals surface area contributed by atoms with Crippen molar-refractivity contribution in [1.82, 2.24) is 14.8 Å². The summed E-state index contributed by atoms with van der Waals surface area (Å²) in [6.45, 7) is 9.96. The predicted octanol–water partition coefficient (Wildman–Crippen LogP) is 6.53. The molecule has 0 radical (unpaired) electrons. The molecule has 0 spiro atoms. The molecule has 5 nitrogen and oxygen atoms in total. The largest absolute Gasteiger partial charge is 0.494 e. The van der Waals surface area contributed by atoms with E-state index in [9.17, 15) is 0 Å². The van der Waals surface area contributed by atoms with E-state index < -0.39 is 0 Å². The summed E-state index contributed by atoms with van der Waals surface area (Å²) < 4.78 is 12.5. The van der Waals surface area contributed by atoms with Gasteiger partial charge < -0.3 is 19.3 Å². The molecule has 204 valence electrons. The molecule has 0 atom stereocenters. The van der Waals surface area contributed by atoms with Gasteiger partial charge in [0.2, 0.25) is 0 Å². The second-order valence-corrected chi connectivity index (χ2v) is 11.0. The van der Waals surface area contributed by atoms with Crippen LogP contribution in [0.15, 0.2) is 54.7 Å². The van der Waals surface area contributed by atoms with Crippen LogP contribution in [0.4, 0.5) is 0 Å². The molecule has 0 N–H and O–H groups in total. The summed E-state index contributed by atoms with van der Waals surface area (Å²) in [6, 6.07) is 17.3. The highest BCUT2D eigenvalue weighted by Gasteiger charge is 2.21. The standard InChI is InChI=1S/C33H45N3O2/c1-2-27-25-29-9-7-17-34-33(29)32(26-27)38-31-15-22-36(23-16-31)21-14-28-10-12-30(13-11-28)37-24-8-20-35-18-5-3-4-6-19-35/h7,9-13,17,25-26,31H,2-6,8,14-16,18-24H2,1H3. The van der Waals surface area contributed by atoms with E-state index >= 15 is 0 Å². The molecule has 2 saturated heterocycles. The third kappa shape index (κ3) is 7.70. The van der Waals surface area contributed by atoms with Crippen molar-refractivity contribution >= 4 is 10.9 Å². The number of benzene rings is 2. The third-order valence-corrected chi connectivity index (χ3v) is 8.19. The van der Waals surface area contributed by atoms with Crippen LogP contribution in [0.2, 0.25) is 0 Å². The van der Waals surface area contributed by atoms with Crippen LogP contribution in [0.3, 0.4) is 0 Å². The van der Waals surface area contributed by atoms with Crippen molar-refractivity contribution in [1.29, 1.82) is 0 Å². The molecule has 0 saturated carbocycles. The molecule has 2 aliphatic rings. The number of hydrogen-bond acceptors (Lipinski definition) is 5. The maximum atomic E-state index is 6.51. The first kappa shape index (κ1) is 27.0. The molecule has 2 aromatic carbocycles. The average molecular weight is 516 g/mol. The first-order valence-corrected chi connectivity index (χ1v) is 15.0. The number of ether oxygens (including phenoxy) is 2. The second kappa shape index (κ2) is 14.0. The minimum absolute atomic E-state index is 0.263. The molecule has 3 heterocycles. The Morgan fingerprint density at radius 2 is 1.61 bits per heavy atom. The van der Waals surface area contributed by atoms with E-state index in [-0.39, 0.29) is 6.10 Å². The number of hydrogen-bond donors (Lipinski definition) is 0. The maximum absolute atomic E-state index is 6.51. The molecule has 5 heteroatoms. The molecule has 2 aliphatic heterocycles. The Balaban J connectivity index is 1.01. The van der Waals surface area contributed by atoms with Gasteiger partial charge in [-0.25, -0.2) is 0 Å². The Bertz CT molecular complexity index is 1120. The van der Waals surface area contributed by atoms with E-state index in [2.05, 4.69) is 64.2 Å². The van der Waals surface area contributed by atoms with Gasteiger partial charge in [-0.15, -0.1) is 0 Å². The van der Waals surface area contributed by atoms with Crippen molar-refractivity contribution in [3.63, 3.8) is 0 Å². The average Bonchev–Trinajstić information content (AvgIpc) is 3.24. The van der Waals surface area contributed by atoms with Gasteiger partial charge >= 0.3 is 0 Å². The van der Waals surface area contributed by atoms with Crippen LogP contribution in [-0.2, 0) is 12.8 Å². The summed E-state index contributed by atoms with van der Waals surface area (Å²) in [5.41, 5.74) is 3.67. The lowest BCUT2D eigenvalue weighted by molar-refractivity contribution is 0.102. The smallest absolute Gasteiger partial charge is 0.146 e. The number of likely N-dealkylation sites (tertiary alicyclic amines) is 2. The fourth-order valence-electron chi connectivity index (χ4n) is 5.82. The van der Waals surface area contributed by atoms with Crippen molar-refractivity contribution < 1.29 is 9.47 Å². The molecule has 0 aliphatic carbocycles. The van der Waals surface area contributed by atoms with Gasteiger partial charge in [-0.05, 0) is 99.5 Å². The van der Waals surface area contributed by atoms with Crippen LogP contribution in [0.5, 0.6) is 11.5 Å². The van der Waals surface area contributed by atoms with Crippen LogP contribution in [0.25, 0.3) is 10.9 Å². The van der Waals surface area contributed by atoms with E-state index in [1.807, 2.05) is 12.3 Å². The fraction of sp³-hybridized carbons (Fsp3) is 0.545.